The maximum Gasteiger partial charge on any atom is 0.317 e. The second-order valence-electron chi connectivity index (χ2n) is 5.23. The van der Waals surface area contributed by atoms with Gasteiger partial charge in [0.2, 0.25) is 0 Å². The van der Waals surface area contributed by atoms with E-state index in [1.54, 1.807) is 11.8 Å². The lowest BCUT2D eigenvalue weighted by atomic mass is 9.77. The number of carbonyl (C=O) groups is 1. The summed E-state index contributed by atoms with van der Waals surface area (Å²) in [7, 11) is 0. The van der Waals surface area contributed by atoms with Gasteiger partial charge >= 0.3 is 6.03 Å². The van der Waals surface area contributed by atoms with Gasteiger partial charge in [-0.05, 0) is 30.9 Å². The number of nitrogens with zero attached hydrogens (tertiary/aromatic N) is 1. The third kappa shape index (κ3) is 4.05. The Labute approximate surface area is 115 Å². The molecule has 5 heteroatoms. The van der Waals surface area contributed by atoms with Crippen LogP contribution in [0.2, 0.25) is 0 Å². The maximum absolute atomic E-state index is 11.9. The normalized spacial score (nSPS) is 20.6. The Morgan fingerprint density at radius 3 is 2.56 bits per heavy atom. The Kier molecular flexibility index (Phi) is 6.29. The molecular weight excluding hydrogens is 248 g/mol. The molecule has 1 heterocycles. The molecule has 2 N–H and O–H groups in total. The molecule has 1 aliphatic rings. The first-order valence-electron chi connectivity index (χ1n) is 6.73. The summed E-state index contributed by atoms with van der Waals surface area (Å²) in [4.78, 5) is 13.8. The molecular formula is C13H26N2O2S. The summed E-state index contributed by atoms with van der Waals surface area (Å²) in [6, 6.07) is 0.0403. The number of likely N-dealkylation sites (tertiary alicyclic amines) is 1. The molecule has 4 nitrogen and oxygen atoms in total. The number of hydrogen-bond acceptors (Lipinski definition) is 3. The van der Waals surface area contributed by atoms with E-state index in [0.29, 0.717) is 5.25 Å². The smallest absolute Gasteiger partial charge is 0.317 e. The highest BCUT2D eigenvalue weighted by molar-refractivity contribution is 7.99. The fourth-order valence-electron chi connectivity index (χ4n) is 2.23. The molecule has 0 saturated carbocycles. The average molecular weight is 274 g/mol. The molecule has 0 aromatic rings. The summed E-state index contributed by atoms with van der Waals surface area (Å²) in [5.74, 6) is 0. The van der Waals surface area contributed by atoms with Crippen LogP contribution in [-0.2, 0) is 0 Å². The number of piperidine rings is 1. The number of nitrogens with one attached hydrogen (secondary N) is 1. The van der Waals surface area contributed by atoms with Crippen LogP contribution in [0.1, 0.15) is 33.1 Å². The number of amides is 2. The van der Waals surface area contributed by atoms with Gasteiger partial charge in [-0.3, -0.25) is 0 Å². The van der Waals surface area contributed by atoms with Crippen molar-refractivity contribution in [2.24, 2.45) is 5.41 Å². The van der Waals surface area contributed by atoms with Gasteiger partial charge in [0.05, 0.1) is 0 Å². The molecule has 0 aromatic heterocycles. The number of thioether (sulfide) groups is 1. The highest BCUT2D eigenvalue weighted by Crippen LogP contribution is 2.34. The lowest BCUT2D eigenvalue weighted by Crippen LogP contribution is -2.49. The van der Waals surface area contributed by atoms with Crippen LogP contribution < -0.4 is 5.32 Å². The average Bonchev–Trinajstić information content (AvgIpc) is 2.44. The van der Waals surface area contributed by atoms with Crippen LogP contribution in [0.4, 0.5) is 4.79 Å². The van der Waals surface area contributed by atoms with Gasteiger partial charge in [0.15, 0.2) is 0 Å². The standard InChI is InChI=1S/C13H26N2O2S/c1-4-13(10-16)5-7-15(8-6-13)12(17)14-9-11(2)18-3/h11,16H,4-10H2,1-3H3,(H,14,17). The molecule has 2 amide bonds. The molecule has 1 fully saturated rings. The van der Waals surface area contributed by atoms with Gasteiger partial charge in [-0.1, -0.05) is 13.8 Å². The molecule has 0 bridgehead atoms. The van der Waals surface area contributed by atoms with Gasteiger partial charge in [0.25, 0.3) is 0 Å². The van der Waals surface area contributed by atoms with Crippen LogP contribution >= 0.6 is 11.8 Å². The van der Waals surface area contributed by atoms with Crippen molar-refractivity contribution < 1.29 is 9.90 Å². The van der Waals surface area contributed by atoms with E-state index >= 15 is 0 Å². The fraction of sp³-hybridized carbons (Fsp3) is 0.923. The van der Waals surface area contributed by atoms with Crippen molar-refractivity contribution in [2.75, 3.05) is 32.5 Å². The van der Waals surface area contributed by atoms with Crippen LogP contribution in [-0.4, -0.2) is 53.8 Å². The van der Waals surface area contributed by atoms with Crippen LogP contribution in [0.5, 0.6) is 0 Å². The van der Waals surface area contributed by atoms with Crippen molar-refractivity contribution in [2.45, 2.75) is 38.4 Å². The van der Waals surface area contributed by atoms with Gasteiger partial charge in [-0.15, -0.1) is 0 Å². The number of rotatable bonds is 5. The van der Waals surface area contributed by atoms with Crippen molar-refractivity contribution in [1.29, 1.82) is 0 Å². The molecule has 0 aromatic carbocycles. The van der Waals surface area contributed by atoms with Crippen molar-refractivity contribution in [3.05, 3.63) is 0 Å². The Hall–Kier alpha value is -0.420. The highest BCUT2D eigenvalue weighted by atomic mass is 32.2. The van der Waals surface area contributed by atoms with Gasteiger partial charge < -0.3 is 15.3 Å². The summed E-state index contributed by atoms with van der Waals surface area (Å²) in [6.07, 6.45) is 4.86. The monoisotopic (exact) mass is 274 g/mol. The van der Waals surface area contributed by atoms with Gasteiger partial charge in [0, 0.05) is 31.5 Å². The zero-order valence-corrected chi connectivity index (χ0v) is 12.6. The number of hydrogen-bond donors (Lipinski definition) is 2. The Morgan fingerprint density at radius 1 is 1.50 bits per heavy atom. The summed E-state index contributed by atoms with van der Waals surface area (Å²) in [5.41, 5.74) is 0.0450. The zero-order valence-electron chi connectivity index (χ0n) is 11.7. The van der Waals surface area contributed by atoms with Crippen molar-refractivity contribution in [1.82, 2.24) is 10.2 Å². The highest BCUT2D eigenvalue weighted by Gasteiger charge is 2.33. The predicted octanol–water partition coefficient (Wildman–Crippen LogP) is 1.93. The third-order valence-corrected chi connectivity index (χ3v) is 5.11. The van der Waals surface area contributed by atoms with Crippen LogP contribution in [0.3, 0.4) is 0 Å². The Balaban J connectivity index is 2.36. The largest absolute Gasteiger partial charge is 0.396 e. The van der Waals surface area contributed by atoms with E-state index in [2.05, 4.69) is 25.4 Å². The molecule has 1 saturated heterocycles. The molecule has 18 heavy (non-hydrogen) atoms. The van der Waals surface area contributed by atoms with Crippen molar-refractivity contribution in [3.63, 3.8) is 0 Å². The molecule has 106 valence electrons. The minimum atomic E-state index is 0.0403. The van der Waals surface area contributed by atoms with E-state index in [1.165, 1.54) is 0 Å². The van der Waals surface area contributed by atoms with E-state index in [1.807, 2.05) is 4.90 Å². The third-order valence-electron chi connectivity index (χ3n) is 4.14. The predicted molar refractivity (Wildman–Crippen MR) is 77.0 cm³/mol. The molecule has 1 rings (SSSR count). The first-order valence-corrected chi connectivity index (χ1v) is 8.02. The quantitative estimate of drug-likeness (QED) is 0.805. The second kappa shape index (κ2) is 7.24. The number of urea groups is 1. The zero-order chi connectivity index (χ0) is 13.6. The maximum atomic E-state index is 11.9. The molecule has 0 spiro atoms. The molecule has 1 unspecified atom stereocenters. The van der Waals surface area contributed by atoms with Crippen molar-refractivity contribution >= 4 is 17.8 Å². The van der Waals surface area contributed by atoms with Crippen LogP contribution in [0.15, 0.2) is 0 Å². The lowest BCUT2D eigenvalue weighted by molar-refractivity contribution is 0.0520. The SMILES string of the molecule is CCC1(CO)CCN(C(=O)NCC(C)SC)CC1. The molecule has 0 aliphatic carbocycles. The van der Waals surface area contributed by atoms with E-state index in [0.717, 1.165) is 38.9 Å². The van der Waals surface area contributed by atoms with Gasteiger partial charge in [-0.2, -0.15) is 11.8 Å². The fourth-order valence-corrected chi connectivity index (χ4v) is 2.48. The number of carbonyl (C=O) groups excluding carboxylic acids is 1. The Morgan fingerprint density at radius 2 is 2.11 bits per heavy atom. The van der Waals surface area contributed by atoms with Gasteiger partial charge in [0.1, 0.15) is 0 Å². The number of aliphatic hydroxyl groups is 1. The summed E-state index contributed by atoms with van der Waals surface area (Å²) in [5, 5.41) is 12.9. The van der Waals surface area contributed by atoms with Crippen LogP contribution in [0, 0.1) is 5.41 Å². The second-order valence-corrected chi connectivity index (χ2v) is 6.51. The summed E-state index contributed by atoms with van der Waals surface area (Å²) < 4.78 is 0. The minimum Gasteiger partial charge on any atom is -0.396 e. The topological polar surface area (TPSA) is 52.6 Å². The van der Waals surface area contributed by atoms with E-state index in [9.17, 15) is 9.90 Å². The van der Waals surface area contributed by atoms with E-state index in [4.69, 9.17) is 0 Å². The molecule has 0 radical (unpaired) electrons. The summed E-state index contributed by atoms with van der Waals surface area (Å²) >= 11 is 1.75. The van der Waals surface area contributed by atoms with Gasteiger partial charge in [-0.25, -0.2) is 4.79 Å². The Bertz CT molecular complexity index is 260. The molecule has 1 atom stereocenters. The first kappa shape index (κ1) is 15.6. The van der Waals surface area contributed by atoms with Crippen LogP contribution in [0.25, 0.3) is 0 Å². The lowest BCUT2D eigenvalue weighted by Gasteiger charge is -2.40. The van der Waals surface area contributed by atoms with Crippen molar-refractivity contribution in [3.8, 4) is 0 Å². The molecule has 1 aliphatic heterocycles. The van der Waals surface area contributed by atoms with E-state index < -0.39 is 0 Å². The van der Waals surface area contributed by atoms with E-state index in [-0.39, 0.29) is 18.1 Å². The summed E-state index contributed by atoms with van der Waals surface area (Å²) in [6.45, 7) is 6.70. The first-order chi connectivity index (χ1) is 8.56. The minimum absolute atomic E-state index is 0.0403. The number of aliphatic hydroxyl groups excluding tert-OH is 1.